The van der Waals surface area contributed by atoms with E-state index in [2.05, 4.69) is 13.8 Å². The van der Waals surface area contributed by atoms with Crippen LogP contribution in [0.4, 0.5) is 0 Å². The molecule has 0 aromatic rings. The standard InChI is InChI=1S/C15H29O5P.C13H25O5P.2CH3.Fe/c1-4-14-11(2)12(3)20-15(14)10-19-21(16,17)18-9-13-7-5-6-8-13;1-9-10(2)17-11(3)13(9)18-19(14,15)16-8-12-6-4-5-7-12;;;/h11-15H,4-10H2,1-3H3,(H,16,17);9-13H,4-8H2,1-3H3,(H,14,15);2*1H3;/q;;2*-1;+2/t11?,12-,14+,15+;9?,10-,11+,13+;;;/m00.../s1. The molecule has 0 aromatic heterocycles. The molecule has 10 nitrogen and oxygen atoms in total. The summed E-state index contributed by atoms with van der Waals surface area (Å²) in [5, 5.41) is 0. The van der Waals surface area contributed by atoms with Gasteiger partial charge in [0.05, 0.1) is 44.2 Å². The molecule has 258 valence electrons. The van der Waals surface area contributed by atoms with Gasteiger partial charge < -0.3 is 34.1 Å². The van der Waals surface area contributed by atoms with Crippen molar-refractivity contribution < 1.29 is 63.6 Å². The predicted molar refractivity (Wildman–Crippen MR) is 166 cm³/mol. The minimum atomic E-state index is -3.98. The van der Waals surface area contributed by atoms with Gasteiger partial charge in [0.2, 0.25) is 0 Å². The summed E-state index contributed by atoms with van der Waals surface area (Å²) in [5.41, 5.74) is 0. The summed E-state index contributed by atoms with van der Waals surface area (Å²) in [5.74, 6) is 1.71. The van der Waals surface area contributed by atoms with E-state index in [-0.39, 0.29) is 75.0 Å². The zero-order valence-electron chi connectivity index (χ0n) is 27.7. The van der Waals surface area contributed by atoms with Crippen molar-refractivity contribution >= 4 is 15.6 Å². The van der Waals surface area contributed by atoms with Crippen molar-refractivity contribution in [3.63, 3.8) is 0 Å². The fourth-order valence-electron chi connectivity index (χ4n) is 6.54. The van der Waals surface area contributed by atoms with Crippen LogP contribution in [0, 0.1) is 44.4 Å². The largest absolute Gasteiger partial charge is 2.00 e. The van der Waals surface area contributed by atoms with Crippen LogP contribution < -0.4 is 0 Å². The SMILES string of the molecule is CC1[C@H](C)O[C@H](C)[C@@H]1OP(=O)(O)OCC1CCCC1.CC[C@@H]1C(C)[C@H](C)O[C@@H]1COP(=O)(O)OCC1CCCC1.[CH3-].[CH3-].[Fe+2]. The molecule has 13 heteroatoms. The number of phosphoric acid groups is 2. The van der Waals surface area contributed by atoms with Crippen molar-refractivity contribution in [2.24, 2.45) is 29.6 Å². The average molecular weight is 699 g/mol. The summed E-state index contributed by atoms with van der Waals surface area (Å²) in [7, 11) is -7.93. The van der Waals surface area contributed by atoms with Crippen LogP contribution in [0.2, 0.25) is 0 Å². The molecule has 2 N–H and O–H groups in total. The quantitative estimate of drug-likeness (QED) is 0.118. The first-order valence-corrected chi connectivity index (χ1v) is 18.4. The Hall–Kier alpha value is 0.659. The summed E-state index contributed by atoms with van der Waals surface area (Å²) in [4.78, 5) is 19.6. The Morgan fingerprint density at radius 1 is 0.674 bits per heavy atom. The summed E-state index contributed by atoms with van der Waals surface area (Å²) in [6.45, 7) is 12.9. The number of rotatable bonds is 12. The zero-order chi connectivity index (χ0) is 29.5. The van der Waals surface area contributed by atoms with Crippen molar-refractivity contribution in [3.05, 3.63) is 14.9 Å². The third-order valence-electron chi connectivity index (χ3n) is 9.46. The molecule has 2 saturated carbocycles. The van der Waals surface area contributed by atoms with E-state index in [4.69, 9.17) is 27.6 Å². The summed E-state index contributed by atoms with van der Waals surface area (Å²) in [6.07, 6.45) is 9.59. The number of hydrogen-bond donors (Lipinski definition) is 2. The number of ether oxygens (including phenoxy) is 2. The van der Waals surface area contributed by atoms with E-state index in [0.717, 1.165) is 32.1 Å². The van der Waals surface area contributed by atoms with Gasteiger partial charge in [-0.15, -0.1) is 0 Å². The molecule has 4 aliphatic rings. The molecule has 43 heavy (non-hydrogen) atoms. The second kappa shape index (κ2) is 20.1. The Morgan fingerprint density at radius 2 is 1.12 bits per heavy atom. The maximum absolute atomic E-state index is 12.0. The van der Waals surface area contributed by atoms with Gasteiger partial charge in [-0.2, -0.15) is 0 Å². The molecule has 4 unspecified atom stereocenters. The Labute approximate surface area is 272 Å². The fourth-order valence-corrected chi connectivity index (χ4v) is 8.48. The van der Waals surface area contributed by atoms with E-state index in [0.29, 0.717) is 36.9 Å². The molecule has 4 fully saturated rings. The molecule has 0 amide bonds. The van der Waals surface area contributed by atoms with Gasteiger partial charge >= 0.3 is 32.7 Å². The van der Waals surface area contributed by atoms with Crippen LogP contribution in [-0.2, 0) is 53.8 Å². The smallest absolute Gasteiger partial charge is 0.372 e. The summed E-state index contributed by atoms with van der Waals surface area (Å²) < 4.78 is 56.1. The minimum absolute atomic E-state index is 0. The van der Waals surface area contributed by atoms with E-state index in [1.165, 1.54) is 25.7 Å². The maximum Gasteiger partial charge on any atom is 2.00 e. The minimum Gasteiger partial charge on any atom is -0.372 e. The third kappa shape index (κ3) is 13.7. The molecule has 0 bridgehead atoms. The molecule has 10 atom stereocenters. The first-order valence-electron chi connectivity index (χ1n) is 15.4. The fraction of sp³-hybridized carbons (Fsp3) is 0.933. The van der Waals surface area contributed by atoms with Crippen molar-refractivity contribution in [1.82, 2.24) is 0 Å². The monoisotopic (exact) mass is 698 g/mol. The zero-order valence-corrected chi connectivity index (χ0v) is 30.6. The van der Waals surface area contributed by atoms with Crippen molar-refractivity contribution in [1.29, 1.82) is 0 Å². The van der Waals surface area contributed by atoms with Gasteiger partial charge in [0.1, 0.15) is 6.10 Å². The second-order valence-electron chi connectivity index (χ2n) is 12.4. The molecular formula is C30H60FeO10P2. The van der Waals surface area contributed by atoms with E-state index < -0.39 is 15.6 Å². The summed E-state index contributed by atoms with van der Waals surface area (Å²) in [6, 6.07) is 0. The molecule has 0 spiro atoms. The van der Waals surface area contributed by atoms with Crippen LogP contribution in [0.15, 0.2) is 0 Å². The molecule has 0 aromatic carbocycles. The predicted octanol–water partition coefficient (Wildman–Crippen LogP) is 7.78. The van der Waals surface area contributed by atoms with Crippen LogP contribution in [0.5, 0.6) is 0 Å². The van der Waals surface area contributed by atoms with Gasteiger partial charge in [-0.1, -0.05) is 52.9 Å². The van der Waals surface area contributed by atoms with Crippen molar-refractivity contribution in [2.45, 2.75) is 130 Å². The van der Waals surface area contributed by atoms with Gasteiger partial charge in [-0.3, -0.25) is 18.1 Å². The van der Waals surface area contributed by atoms with Gasteiger partial charge in [0.15, 0.2) is 0 Å². The molecule has 2 aliphatic carbocycles. The van der Waals surface area contributed by atoms with Crippen LogP contribution in [-0.4, -0.2) is 60.1 Å². The Bertz CT molecular complexity index is 855. The van der Waals surface area contributed by atoms with Crippen LogP contribution in [0.3, 0.4) is 0 Å². The van der Waals surface area contributed by atoms with E-state index >= 15 is 0 Å². The molecule has 2 saturated heterocycles. The van der Waals surface area contributed by atoms with Gasteiger partial charge in [-0.25, -0.2) is 9.13 Å². The molecule has 4 rings (SSSR count). The first kappa shape index (κ1) is 43.7. The molecule has 0 radical (unpaired) electrons. The molecule has 2 heterocycles. The van der Waals surface area contributed by atoms with E-state index in [9.17, 15) is 18.9 Å². The van der Waals surface area contributed by atoms with Crippen molar-refractivity contribution in [3.8, 4) is 0 Å². The Morgan fingerprint density at radius 3 is 1.56 bits per heavy atom. The number of phosphoric ester groups is 2. The van der Waals surface area contributed by atoms with Gasteiger partial charge in [-0.05, 0) is 70.1 Å². The average Bonchev–Trinajstić information content (AvgIpc) is 3.69. The summed E-state index contributed by atoms with van der Waals surface area (Å²) >= 11 is 0. The first-order chi connectivity index (χ1) is 18.8. The third-order valence-corrected chi connectivity index (χ3v) is 11.4. The van der Waals surface area contributed by atoms with Gasteiger partial charge in [0, 0.05) is 5.92 Å². The Kier molecular flexibility index (Phi) is 20.4. The van der Waals surface area contributed by atoms with Crippen LogP contribution in [0.1, 0.15) is 99.3 Å². The van der Waals surface area contributed by atoms with E-state index in [1.54, 1.807) is 0 Å². The molecular weight excluding hydrogens is 638 g/mol. The number of hydrogen-bond acceptors (Lipinski definition) is 8. The van der Waals surface area contributed by atoms with E-state index in [1.807, 2.05) is 27.7 Å². The second-order valence-corrected chi connectivity index (χ2v) is 15.3. The maximum atomic E-state index is 12.0. The Balaban J connectivity index is 0.000000770. The van der Waals surface area contributed by atoms with Crippen LogP contribution in [0.25, 0.3) is 0 Å². The van der Waals surface area contributed by atoms with Crippen LogP contribution >= 0.6 is 15.6 Å². The van der Waals surface area contributed by atoms with Gasteiger partial charge in [0.25, 0.3) is 0 Å². The van der Waals surface area contributed by atoms with Crippen molar-refractivity contribution in [2.75, 3.05) is 19.8 Å². The topological polar surface area (TPSA) is 130 Å². The molecule has 2 aliphatic heterocycles. The normalized spacial score (nSPS) is 35.5.